The lowest BCUT2D eigenvalue weighted by Gasteiger charge is -2.16. The molecular weight excluding hydrogens is 312 g/mol. The molecule has 25 heavy (non-hydrogen) atoms. The van der Waals surface area contributed by atoms with Gasteiger partial charge in [-0.05, 0) is 37.0 Å². The first-order chi connectivity index (χ1) is 12.4. The van der Waals surface area contributed by atoms with E-state index < -0.39 is 0 Å². The Bertz CT molecular complexity index is 896. The quantitative estimate of drug-likeness (QED) is 0.782. The molecule has 1 N–H and O–H groups in total. The molecule has 0 saturated carbocycles. The average molecular weight is 332 g/mol. The van der Waals surface area contributed by atoms with Gasteiger partial charge in [0.2, 0.25) is 5.95 Å². The van der Waals surface area contributed by atoms with Crippen LogP contribution in [0.25, 0.3) is 16.9 Å². The Balaban J connectivity index is 1.61. The molecule has 0 amide bonds. The summed E-state index contributed by atoms with van der Waals surface area (Å²) >= 11 is 0. The van der Waals surface area contributed by atoms with E-state index in [1.165, 1.54) is 18.4 Å². The number of hydrogen-bond acceptors (Lipinski definition) is 5. The Morgan fingerprint density at radius 2 is 1.88 bits per heavy atom. The highest BCUT2D eigenvalue weighted by molar-refractivity contribution is 5.76. The molecule has 2 aromatic heterocycles. The molecule has 0 unspecified atom stereocenters. The molecular formula is C19H20N6. The number of para-hydroxylation sites is 1. The highest BCUT2D eigenvalue weighted by atomic mass is 15.3. The fourth-order valence-corrected chi connectivity index (χ4v) is 3.59. The highest BCUT2D eigenvalue weighted by Crippen LogP contribution is 2.33. The maximum absolute atomic E-state index is 4.93. The normalized spacial score (nSPS) is 16.1. The van der Waals surface area contributed by atoms with Crippen molar-refractivity contribution in [1.29, 1.82) is 0 Å². The summed E-state index contributed by atoms with van der Waals surface area (Å²) in [6.45, 7) is 2.94. The van der Waals surface area contributed by atoms with Crippen molar-refractivity contribution in [2.24, 2.45) is 0 Å². The molecule has 3 aromatic rings. The van der Waals surface area contributed by atoms with Gasteiger partial charge < -0.3 is 10.2 Å². The minimum atomic E-state index is 0.844. The first-order valence-electron chi connectivity index (χ1n) is 8.89. The predicted octanol–water partition coefficient (Wildman–Crippen LogP) is 2.90. The van der Waals surface area contributed by atoms with Crippen molar-refractivity contribution in [3.63, 3.8) is 0 Å². The SMILES string of the molecule is c1ccc(-n2cc3c(n2)NCCc2cnc(N4CCCC4)nc2-3)cc1. The van der Waals surface area contributed by atoms with Crippen LogP contribution in [0.4, 0.5) is 11.8 Å². The lowest BCUT2D eigenvalue weighted by atomic mass is 10.1. The monoisotopic (exact) mass is 332 g/mol. The second-order valence-corrected chi connectivity index (χ2v) is 6.59. The Hall–Kier alpha value is -2.89. The number of anilines is 2. The number of nitrogens with zero attached hydrogens (tertiary/aromatic N) is 5. The molecule has 126 valence electrons. The van der Waals surface area contributed by atoms with E-state index in [1.807, 2.05) is 29.1 Å². The van der Waals surface area contributed by atoms with Gasteiger partial charge in [-0.25, -0.2) is 14.6 Å². The van der Waals surface area contributed by atoms with Gasteiger partial charge in [0, 0.05) is 32.0 Å². The van der Waals surface area contributed by atoms with Gasteiger partial charge in [-0.2, -0.15) is 0 Å². The highest BCUT2D eigenvalue weighted by Gasteiger charge is 2.23. The van der Waals surface area contributed by atoms with Crippen molar-refractivity contribution in [2.45, 2.75) is 19.3 Å². The largest absolute Gasteiger partial charge is 0.368 e. The van der Waals surface area contributed by atoms with Crippen molar-refractivity contribution in [3.05, 3.63) is 48.3 Å². The van der Waals surface area contributed by atoms with E-state index in [4.69, 9.17) is 10.1 Å². The zero-order chi connectivity index (χ0) is 16.6. The summed E-state index contributed by atoms with van der Waals surface area (Å²) in [5.41, 5.74) is 4.30. The fourth-order valence-electron chi connectivity index (χ4n) is 3.59. The van der Waals surface area contributed by atoms with Crippen molar-refractivity contribution in [2.75, 3.05) is 29.9 Å². The molecule has 6 nitrogen and oxygen atoms in total. The van der Waals surface area contributed by atoms with Crippen LogP contribution in [0.1, 0.15) is 18.4 Å². The molecule has 1 aromatic carbocycles. The summed E-state index contributed by atoms with van der Waals surface area (Å²) in [6, 6.07) is 10.2. The molecule has 0 spiro atoms. The van der Waals surface area contributed by atoms with E-state index in [0.29, 0.717) is 0 Å². The molecule has 4 heterocycles. The third-order valence-electron chi connectivity index (χ3n) is 4.92. The molecule has 6 heteroatoms. The van der Waals surface area contributed by atoms with Crippen LogP contribution < -0.4 is 10.2 Å². The van der Waals surface area contributed by atoms with Crippen LogP contribution in [0.3, 0.4) is 0 Å². The molecule has 1 saturated heterocycles. The van der Waals surface area contributed by atoms with Gasteiger partial charge in [0.25, 0.3) is 0 Å². The maximum Gasteiger partial charge on any atom is 0.225 e. The third-order valence-corrected chi connectivity index (χ3v) is 4.92. The van der Waals surface area contributed by atoms with E-state index in [0.717, 1.165) is 54.8 Å². The van der Waals surface area contributed by atoms with Crippen molar-refractivity contribution in [3.8, 4) is 16.9 Å². The first kappa shape index (κ1) is 14.5. The predicted molar refractivity (Wildman–Crippen MR) is 98.2 cm³/mol. The molecule has 0 bridgehead atoms. The second kappa shape index (κ2) is 5.88. The van der Waals surface area contributed by atoms with Gasteiger partial charge in [-0.3, -0.25) is 0 Å². The third kappa shape index (κ3) is 2.54. The van der Waals surface area contributed by atoms with Crippen LogP contribution in [0.5, 0.6) is 0 Å². The topological polar surface area (TPSA) is 58.9 Å². The molecule has 0 atom stereocenters. The first-order valence-corrected chi connectivity index (χ1v) is 8.89. The summed E-state index contributed by atoms with van der Waals surface area (Å²) in [5.74, 6) is 1.74. The van der Waals surface area contributed by atoms with E-state index in [1.54, 1.807) is 0 Å². The number of benzene rings is 1. The molecule has 0 aliphatic carbocycles. The van der Waals surface area contributed by atoms with Gasteiger partial charge in [-0.15, -0.1) is 5.10 Å². The maximum atomic E-state index is 4.93. The standard InChI is InChI=1S/C19H20N6/c1-2-6-15(7-3-1)25-13-16-17-14(8-9-20-18(16)23-25)12-21-19(22-17)24-10-4-5-11-24/h1-3,6-7,12-13H,4-5,8-11H2,(H,20,23). The summed E-state index contributed by atoms with van der Waals surface area (Å²) in [6.07, 6.45) is 7.42. The minimum absolute atomic E-state index is 0.844. The van der Waals surface area contributed by atoms with Crippen LogP contribution in [-0.2, 0) is 6.42 Å². The van der Waals surface area contributed by atoms with Crippen LogP contribution >= 0.6 is 0 Å². The Morgan fingerprint density at radius 1 is 1.04 bits per heavy atom. The smallest absolute Gasteiger partial charge is 0.225 e. The van der Waals surface area contributed by atoms with E-state index >= 15 is 0 Å². The molecule has 2 aliphatic heterocycles. The van der Waals surface area contributed by atoms with Crippen LogP contribution in [0.15, 0.2) is 42.7 Å². The van der Waals surface area contributed by atoms with Crippen molar-refractivity contribution >= 4 is 11.8 Å². The lowest BCUT2D eigenvalue weighted by Crippen LogP contribution is -2.20. The zero-order valence-corrected chi connectivity index (χ0v) is 14.0. The number of rotatable bonds is 2. The molecule has 5 rings (SSSR count). The Labute approximate surface area is 146 Å². The Kier molecular flexibility index (Phi) is 3.40. The molecule has 1 fully saturated rings. The summed E-state index contributed by atoms with van der Waals surface area (Å²) in [4.78, 5) is 11.8. The summed E-state index contributed by atoms with van der Waals surface area (Å²) in [7, 11) is 0. The number of nitrogens with one attached hydrogen (secondary N) is 1. The van der Waals surface area contributed by atoms with Gasteiger partial charge in [-0.1, -0.05) is 18.2 Å². The van der Waals surface area contributed by atoms with E-state index in [2.05, 4.69) is 33.5 Å². The van der Waals surface area contributed by atoms with Gasteiger partial charge in [0.15, 0.2) is 5.82 Å². The number of aromatic nitrogens is 4. The Morgan fingerprint density at radius 3 is 2.72 bits per heavy atom. The van der Waals surface area contributed by atoms with Crippen LogP contribution in [0, 0.1) is 0 Å². The van der Waals surface area contributed by atoms with Gasteiger partial charge >= 0.3 is 0 Å². The van der Waals surface area contributed by atoms with Crippen LogP contribution in [-0.4, -0.2) is 39.4 Å². The average Bonchev–Trinajstić information content (AvgIpc) is 3.30. The van der Waals surface area contributed by atoms with E-state index in [-0.39, 0.29) is 0 Å². The minimum Gasteiger partial charge on any atom is -0.368 e. The summed E-state index contributed by atoms with van der Waals surface area (Å²) in [5, 5.41) is 8.18. The lowest BCUT2D eigenvalue weighted by molar-refractivity contribution is 0.868. The van der Waals surface area contributed by atoms with Gasteiger partial charge in [0.1, 0.15) is 0 Å². The van der Waals surface area contributed by atoms with Crippen LogP contribution in [0.2, 0.25) is 0 Å². The van der Waals surface area contributed by atoms with Crippen molar-refractivity contribution in [1.82, 2.24) is 19.7 Å². The van der Waals surface area contributed by atoms with E-state index in [9.17, 15) is 0 Å². The number of fused-ring (bicyclic) bond motifs is 3. The van der Waals surface area contributed by atoms with Gasteiger partial charge in [0.05, 0.1) is 16.9 Å². The van der Waals surface area contributed by atoms with Crippen molar-refractivity contribution < 1.29 is 0 Å². The summed E-state index contributed by atoms with van der Waals surface area (Å²) < 4.78 is 1.92. The number of hydrogen-bond donors (Lipinski definition) is 1. The molecule has 0 radical (unpaired) electrons. The zero-order valence-electron chi connectivity index (χ0n) is 14.0. The fraction of sp³-hybridized carbons (Fsp3) is 0.316. The molecule has 2 aliphatic rings. The second-order valence-electron chi connectivity index (χ2n) is 6.59.